The van der Waals surface area contributed by atoms with E-state index in [-0.39, 0.29) is 37.7 Å². The molecular formula is C15H27NO5. The van der Waals surface area contributed by atoms with Crippen LogP contribution in [0, 0.1) is 5.92 Å². The minimum Gasteiger partial charge on any atom is -0.481 e. The predicted molar refractivity (Wildman–Crippen MR) is 78.8 cm³/mol. The lowest BCUT2D eigenvalue weighted by atomic mass is 9.99. The molecule has 0 aromatic heterocycles. The number of carbonyl (C=O) groups is 3. The molecule has 0 aliphatic carbocycles. The molecule has 1 unspecified atom stereocenters. The van der Waals surface area contributed by atoms with Crippen LogP contribution in [-0.2, 0) is 19.1 Å². The summed E-state index contributed by atoms with van der Waals surface area (Å²) in [6, 6.07) is 0. The van der Waals surface area contributed by atoms with Gasteiger partial charge in [0.2, 0.25) is 0 Å². The highest BCUT2D eigenvalue weighted by Crippen LogP contribution is 2.11. The van der Waals surface area contributed by atoms with Crippen LogP contribution >= 0.6 is 0 Å². The lowest BCUT2D eigenvalue weighted by Gasteiger charge is -2.11. The molecule has 0 saturated carbocycles. The molecule has 0 aromatic rings. The molecule has 0 saturated heterocycles. The van der Waals surface area contributed by atoms with Crippen LogP contribution in [0.1, 0.15) is 58.3 Å². The third-order valence-electron chi connectivity index (χ3n) is 3.26. The van der Waals surface area contributed by atoms with Crippen molar-refractivity contribution in [3.63, 3.8) is 0 Å². The highest BCUT2D eigenvalue weighted by atomic mass is 16.5. The first-order valence-corrected chi connectivity index (χ1v) is 7.61. The van der Waals surface area contributed by atoms with Gasteiger partial charge in [-0.25, -0.2) is 0 Å². The second kappa shape index (κ2) is 12.3. The van der Waals surface area contributed by atoms with Crippen molar-refractivity contribution < 1.29 is 24.2 Å². The van der Waals surface area contributed by atoms with E-state index >= 15 is 0 Å². The van der Waals surface area contributed by atoms with Crippen LogP contribution < -0.4 is 5.73 Å². The van der Waals surface area contributed by atoms with Gasteiger partial charge in [0, 0.05) is 12.8 Å². The first-order chi connectivity index (χ1) is 10.0. The van der Waals surface area contributed by atoms with Gasteiger partial charge in [-0.3, -0.25) is 14.4 Å². The van der Waals surface area contributed by atoms with Crippen LogP contribution in [0.3, 0.4) is 0 Å². The van der Waals surface area contributed by atoms with Gasteiger partial charge in [-0.2, -0.15) is 0 Å². The zero-order valence-electron chi connectivity index (χ0n) is 12.8. The Balaban J connectivity index is 3.80. The number of carboxylic acids is 1. The minimum atomic E-state index is -1.06. The Kier molecular flexibility index (Phi) is 11.5. The first-order valence-electron chi connectivity index (χ1n) is 7.61. The van der Waals surface area contributed by atoms with Crippen molar-refractivity contribution in [1.29, 1.82) is 0 Å². The third kappa shape index (κ3) is 11.0. The maximum Gasteiger partial charge on any atom is 0.307 e. The van der Waals surface area contributed by atoms with Gasteiger partial charge in [-0.1, -0.05) is 32.6 Å². The van der Waals surface area contributed by atoms with Crippen LogP contribution in [0.25, 0.3) is 0 Å². The summed E-state index contributed by atoms with van der Waals surface area (Å²) < 4.78 is 5.00. The summed E-state index contributed by atoms with van der Waals surface area (Å²) in [4.78, 5) is 33.6. The number of nitrogens with two attached hydrogens (primary N) is 1. The molecule has 3 N–H and O–H groups in total. The minimum absolute atomic E-state index is 0.0304. The van der Waals surface area contributed by atoms with Crippen molar-refractivity contribution >= 4 is 17.7 Å². The molecule has 0 heterocycles. The molecule has 0 aromatic carbocycles. The Morgan fingerprint density at radius 1 is 1.14 bits per heavy atom. The molecule has 0 aliphatic heterocycles. The molecule has 6 nitrogen and oxygen atoms in total. The van der Waals surface area contributed by atoms with Crippen LogP contribution in [0.5, 0.6) is 0 Å². The summed E-state index contributed by atoms with van der Waals surface area (Å²) in [6.45, 7) is 1.99. The molecule has 122 valence electrons. The molecule has 0 fully saturated rings. The molecule has 1 atom stereocenters. The Morgan fingerprint density at radius 3 is 2.38 bits per heavy atom. The largest absolute Gasteiger partial charge is 0.481 e. The normalized spacial score (nSPS) is 11.9. The lowest BCUT2D eigenvalue weighted by Crippen LogP contribution is -2.24. The van der Waals surface area contributed by atoms with E-state index in [2.05, 4.69) is 6.92 Å². The van der Waals surface area contributed by atoms with E-state index in [1.165, 1.54) is 6.42 Å². The number of carbonyl (C=O) groups excluding carboxylic acids is 2. The Bertz CT molecular complexity index is 330. The molecular weight excluding hydrogens is 274 g/mol. The summed E-state index contributed by atoms with van der Waals surface area (Å²) in [5.74, 6) is -2.50. The van der Waals surface area contributed by atoms with E-state index in [4.69, 9.17) is 15.6 Å². The van der Waals surface area contributed by atoms with E-state index < -0.39 is 11.9 Å². The Labute approximate surface area is 126 Å². The summed E-state index contributed by atoms with van der Waals surface area (Å²) in [5, 5.41) is 8.97. The summed E-state index contributed by atoms with van der Waals surface area (Å²) >= 11 is 0. The lowest BCUT2D eigenvalue weighted by molar-refractivity contribution is -0.148. The average molecular weight is 301 g/mol. The smallest absolute Gasteiger partial charge is 0.307 e. The number of unbranched alkanes of at least 4 members (excludes halogenated alkanes) is 4. The third-order valence-corrected chi connectivity index (χ3v) is 3.26. The van der Waals surface area contributed by atoms with E-state index in [9.17, 15) is 14.4 Å². The van der Waals surface area contributed by atoms with Crippen LogP contribution in [0.4, 0.5) is 0 Å². The van der Waals surface area contributed by atoms with Gasteiger partial charge in [0.1, 0.15) is 5.78 Å². The quantitative estimate of drug-likeness (QED) is 0.397. The molecule has 21 heavy (non-hydrogen) atoms. The highest BCUT2D eigenvalue weighted by molar-refractivity contribution is 5.85. The van der Waals surface area contributed by atoms with Crippen molar-refractivity contribution in [3.8, 4) is 0 Å². The van der Waals surface area contributed by atoms with E-state index in [1.54, 1.807) is 0 Å². The van der Waals surface area contributed by atoms with E-state index in [0.717, 1.165) is 25.7 Å². The molecule has 0 radical (unpaired) electrons. The molecule has 0 spiro atoms. The molecule has 0 bridgehead atoms. The number of hydrogen-bond acceptors (Lipinski definition) is 5. The van der Waals surface area contributed by atoms with Gasteiger partial charge in [0.15, 0.2) is 0 Å². The fourth-order valence-electron chi connectivity index (χ4n) is 1.93. The standard InChI is InChI=1S/C15H27NO5/c1-2-3-4-5-6-7-14(18)21-9-8-12(15(19)20)10-13(17)11-16/h12H,2-11,16H2,1H3,(H,19,20). The fourth-order valence-corrected chi connectivity index (χ4v) is 1.93. The van der Waals surface area contributed by atoms with Crippen molar-refractivity contribution in [2.45, 2.75) is 58.3 Å². The van der Waals surface area contributed by atoms with E-state index in [1.807, 2.05) is 0 Å². The van der Waals surface area contributed by atoms with Gasteiger partial charge in [-0.15, -0.1) is 0 Å². The summed E-state index contributed by atoms with van der Waals surface area (Å²) in [7, 11) is 0. The van der Waals surface area contributed by atoms with Crippen molar-refractivity contribution in [1.82, 2.24) is 0 Å². The number of carboxylic acid groups (broad SMARTS) is 1. The van der Waals surface area contributed by atoms with Crippen molar-refractivity contribution in [3.05, 3.63) is 0 Å². The summed E-state index contributed by atoms with van der Waals surface area (Å²) in [5.41, 5.74) is 5.16. The van der Waals surface area contributed by atoms with Gasteiger partial charge in [-0.05, 0) is 12.8 Å². The average Bonchev–Trinajstić information content (AvgIpc) is 2.45. The first kappa shape index (κ1) is 19.6. The molecule has 0 aliphatic rings. The number of aliphatic carboxylic acids is 1. The Hall–Kier alpha value is -1.43. The maximum absolute atomic E-state index is 11.4. The van der Waals surface area contributed by atoms with Crippen LogP contribution in [0.15, 0.2) is 0 Å². The number of ketones is 1. The van der Waals surface area contributed by atoms with Gasteiger partial charge < -0.3 is 15.6 Å². The van der Waals surface area contributed by atoms with Crippen molar-refractivity contribution in [2.24, 2.45) is 11.7 Å². The zero-order chi connectivity index (χ0) is 16.1. The van der Waals surface area contributed by atoms with Gasteiger partial charge in [0.25, 0.3) is 0 Å². The fraction of sp³-hybridized carbons (Fsp3) is 0.800. The number of hydrogen-bond donors (Lipinski definition) is 2. The molecule has 6 heteroatoms. The van der Waals surface area contributed by atoms with E-state index in [0.29, 0.717) is 6.42 Å². The van der Waals surface area contributed by atoms with Crippen LogP contribution in [-0.4, -0.2) is 36.0 Å². The monoisotopic (exact) mass is 301 g/mol. The zero-order valence-corrected chi connectivity index (χ0v) is 12.8. The SMILES string of the molecule is CCCCCCCC(=O)OCCC(CC(=O)CN)C(=O)O. The maximum atomic E-state index is 11.4. The topological polar surface area (TPSA) is 107 Å². The molecule has 0 amide bonds. The predicted octanol–water partition coefficient (Wildman–Crippen LogP) is 1.90. The van der Waals surface area contributed by atoms with Gasteiger partial charge >= 0.3 is 11.9 Å². The second-order valence-corrected chi connectivity index (χ2v) is 5.16. The molecule has 0 rings (SSSR count). The highest BCUT2D eigenvalue weighted by Gasteiger charge is 2.20. The van der Waals surface area contributed by atoms with Gasteiger partial charge in [0.05, 0.1) is 19.1 Å². The summed E-state index contributed by atoms with van der Waals surface area (Å²) in [6.07, 6.45) is 5.64. The number of rotatable bonds is 13. The number of esters is 1. The second-order valence-electron chi connectivity index (χ2n) is 5.16. The Morgan fingerprint density at radius 2 is 1.81 bits per heavy atom. The number of Topliss-reactive ketones (excluding diaryl/α,β-unsaturated/α-hetero) is 1. The van der Waals surface area contributed by atoms with Crippen LogP contribution in [0.2, 0.25) is 0 Å². The van der Waals surface area contributed by atoms with Crippen molar-refractivity contribution in [2.75, 3.05) is 13.2 Å². The number of ether oxygens (including phenoxy) is 1.